The van der Waals surface area contributed by atoms with Gasteiger partial charge in [-0.1, -0.05) is 18.1 Å². The third-order valence-electron chi connectivity index (χ3n) is 2.30. The lowest BCUT2D eigenvalue weighted by Gasteiger charge is -2.21. The summed E-state index contributed by atoms with van der Waals surface area (Å²) in [6.45, 7) is 4.95. The van der Waals surface area contributed by atoms with Crippen LogP contribution < -0.4 is 0 Å². The Morgan fingerprint density at radius 2 is 1.71 bits per heavy atom. The quantitative estimate of drug-likeness (QED) is 0.602. The fourth-order valence-electron chi connectivity index (χ4n) is 1.42. The van der Waals surface area contributed by atoms with Gasteiger partial charge < -0.3 is 9.47 Å². The molecule has 0 amide bonds. The number of terminal acetylenes is 1. The van der Waals surface area contributed by atoms with Crippen molar-refractivity contribution in [2.45, 2.75) is 38.7 Å². The second-order valence-corrected chi connectivity index (χ2v) is 5.25. The van der Waals surface area contributed by atoms with Crippen LogP contribution in [0, 0.1) is 12.3 Å². The van der Waals surface area contributed by atoms with E-state index >= 15 is 0 Å². The van der Waals surface area contributed by atoms with Crippen LogP contribution in [-0.2, 0) is 15.7 Å². The summed E-state index contributed by atoms with van der Waals surface area (Å²) in [6.07, 6.45) is -1.29. The van der Waals surface area contributed by atoms with E-state index < -0.39 is 29.6 Å². The maximum atomic E-state index is 12.5. The van der Waals surface area contributed by atoms with E-state index in [9.17, 15) is 18.0 Å². The second-order valence-electron chi connectivity index (χ2n) is 5.25. The summed E-state index contributed by atoms with van der Waals surface area (Å²) < 4.78 is 47.2. The largest absolute Gasteiger partial charge is 0.510 e. The van der Waals surface area contributed by atoms with Crippen molar-refractivity contribution in [3.05, 3.63) is 35.4 Å². The van der Waals surface area contributed by atoms with Crippen LogP contribution in [0.5, 0.6) is 0 Å². The number of carbonyl (C=O) groups excluding carboxylic acids is 1. The van der Waals surface area contributed by atoms with E-state index in [0.29, 0.717) is 0 Å². The lowest BCUT2D eigenvalue weighted by atomic mass is 10.1. The van der Waals surface area contributed by atoms with Crippen LogP contribution in [0.25, 0.3) is 0 Å². The van der Waals surface area contributed by atoms with Crippen molar-refractivity contribution >= 4 is 6.16 Å². The molecule has 0 aliphatic rings. The highest BCUT2D eigenvalue weighted by Crippen LogP contribution is 2.30. The smallest absolute Gasteiger partial charge is 0.429 e. The molecular weight excluding hydrogens is 285 g/mol. The number of rotatable bonds is 2. The van der Waals surface area contributed by atoms with Gasteiger partial charge in [-0.25, -0.2) is 4.79 Å². The fraction of sp³-hybridized carbons (Fsp3) is 0.400. The molecule has 1 unspecified atom stereocenters. The molecule has 0 aromatic heterocycles. The Bertz CT molecular complexity index is 533. The molecule has 1 aromatic carbocycles. The molecule has 1 aromatic rings. The minimum absolute atomic E-state index is 0.261. The van der Waals surface area contributed by atoms with E-state index in [2.05, 4.69) is 5.92 Å². The molecule has 0 aliphatic carbocycles. The van der Waals surface area contributed by atoms with Gasteiger partial charge >= 0.3 is 12.3 Å². The predicted molar refractivity (Wildman–Crippen MR) is 70.3 cm³/mol. The van der Waals surface area contributed by atoms with Crippen LogP contribution in [0.2, 0.25) is 0 Å². The van der Waals surface area contributed by atoms with Crippen molar-refractivity contribution < 1.29 is 27.4 Å². The molecule has 1 atom stereocenters. The van der Waals surface area contributed by atoms with Crippen molar-refractivity contribution in [3.8, 4) is 12.3 Å². The normalized spacial score (nSPS) is 13.2. The number of halogens is 3. The van der Waals surface area contributed by atoms with Crippen LogP contribution in [0.4, 0.5) is 18.0 Å². The Balaban J connectivity index is 2.82. The highest BCUT2D eigenvalue weighted by molar-refractivity contribution is 5.61. The van der Waals surface area contributed by atoms with Crippen LogP contribution in [0.3, 0.4) is 0 Å². The SMILES string of the molecule is C#CC(OC(=O)OC(C)(C)C)c1ccc(C(F)(F)F)cc1. The van der Waals surface area contributed by atoms with Gasteiger partial charge in [-0.05, 0) is 32.9 Å². The van der Waals surface area contributed by atoms with Gasteiger partial charge in [0.1, 0.15) is 5.60 Å². The number of benzene rings is 1. The maximum Gasteiger partial charge on any atom is 0.510 e. The van der Waals surface area contributed by atoms with Gasteiger partial charge in [0.05, 0.1) is 5.56 Å². The van der Waals surface area contributed by atoms with E-state index in [1.165, 1.54) is 0 Å². The minimum Gasteiger partial charge on any atom is -0.429 e. The first-order chi connectivity index (χ1) is 9.53. The Kier molecular flexibility index (Phi) is 4.89. The molecule has 1 rings (SSSR count). The fourth-order valence-corrected chi connectivity index (χ4v) is 1.42. The van der Waals surface area contributed by atoms with E-state index in [0.717, 1.165) is 24.3 Å². The van der Waals surface area contributed by atoms with Crippen molar-refractivity contribution in [1.82, 2.24) is 0 Å². The maximum absolute atomic E-state index is 12.5. The molecule has 0 aliphatic heterocycles. The molecule has 3 nitrogen and oxygen atoms in total. The molecule has 0 spiro atoms. The summed E-state index contributed by atoms with van der Waals surface area (Å²) in [6, 6.07) is 4.08. The van der Waals surface area contributed by atoms with E-state index in [1.54, 1.807) is 20.8 Å². The van der Waals surface area contributed by atoms with Gasteiger partial charge in [0.2, 0.25) is 0 Å². The van der Waals surface area contributed by atoms with E-state index in [4.69, 9.17) is 15.9 Å². The van der Waals surface area contributed by atoms with Gasteiger partial charge in [-0.15, -0.1) is 6.42 Å². The summed E-state index contributed by atoms with van der Waals surface area (Å²) >= 11 is 0. The van der Waals surface area contributed by atoms with Gasteiger partial charge in [-0.2, -0.15) is 13.2 Å². The zero-order valence-corrected chi connectivity index (χ0v) is 11.8. The first-order valence-electron chi connectivity index (χ1n) is 6.06. The molecule has 0 saturated carbocycles. The molecule has 21 heavy (non-hydrogen) atoms. The molecule has 114 valence electrons. The first kappa shape index (κ1) is 16.9. The monoisotopic (exact) mass is 300 g/mol. The standard InChI is InChI=1S/C15H15F3O3/c1-5-12(20-13(19)21-14(2,3)4)10-6-8-11(9-7-10)15(16,17)18/h1,6-9,12H,2-4H3. The highest BCUT2D eigenvalue weighted by Gasteiger charge is 2.30. The van der Waals surface area contributed by atoms with Gasteiger partial charge in [0.25, 0.3) is 0 Å². The molecular formula is C15H15F3O3. The van der Waals surface area contributed by atoms with Gasteiger partial charge in [0.15, 0.2) is 6.10 Å². The van der Waals surface area contributed by atoms with E-state index in [1.807, 2.05) is 0 Å². The summed E-state index contributed by atoms with van der Waals surface area (Å²) in [4.78, 5) is 11.5. The second kappa shape index (κ2) is 6.08. The lowest BCUT2D eigenvalue weighted by molar-refractivity contribution is -0.137. The summed E-state index contributed by atoms with van der Waals surface area (Å²) in [5.74, 6) is 2.19. The van der Waals surface area contributed by atoms with Crippen LogP contribution in [0.15, 0.2) is 24.3 Å². The Labute approximate surface area is 121 Å². The molecule has 0 saturated heterocycles. The lowest BCUT2D eigenvalue weighted by Crippen LogP contribution is -2.25. The summed E-state index contributed by atoms with van der Waals surface area (Å²) in [5, 5.41) is 0. The number of alkyl halides is 3. The van der Waals surface area contributed by atoms with Crippen LogP contribution in [0.1, 0.15) is 38.0 Å². The average Bonchev–Trinajstić information content (AvgIpc) is 2.33. The number of hydrogen-bond acceptors (Lipinski definition) is 3. The molecule has 0 bridgehead atoms. The molecule has 0 radical (unpaired) electrons. The van der Waals surface area contributed by atoms with Gasteiger partial charge in [0, 0.05) is 5.56 Å². The Morgan fingerprint density at radius 1 is 1.19 bits per heavy atom. The molecule has 0 heterocycles. The zero-order valence-electron chi connectivity index (χ0n) is 11.8. The third-order valence-corrected chi connectivity index (χ3v) is 2.30. The third kappa shape index (κ3) is 5.38. The number of ether oxygens (including phenoxy) is 2. The van der Waals surface area contributed by atoms with E-state index in [-0.39, 0.29) is 5.56 Å². The molecule has 6 heteroatoms. The molecule has 0 N–H and O–H groups in total. The summed E-state index contributed by atoms with van der Waals surface area (Å²) in [5.41, 5.74) is -1.30. The van der Waals surface area contributed by atoms with Crippen molar-refractivity contribution in [1.29, 1.82) is 0 Å². The van der Waals surface area contributed by atoms with Crippen molar-refractivity contribution in [2.24, 2.45) is 0 Å². The Hall–Kier alpha value is -2.16. The predicted octanol–water partition coefficient (Wildman–Crippen LogP) is 4.33. The molecule has 0 fully saturated rings. The minimum atomic E-state index is -4.43. The summed E-state index contributed by atoms with van der Waals surface area (Å²) in [7, 11) is 0. The zero-order chi connectivity index (χ0) is 16.3. The van der Waals surface area contributed by atoms with Gasteiger partial charge in [-0.3, -0.25) is 0 Å². The van der Waals surface area contributed by atoms with Crippen molar-refractivity contribution in [3.63, 3.8) is 0 Å². The highest BCUT2D eigenvalue weighted by atomic mass is 19.4. The first-order valence-corrected chi connectivity index (χ1v) is 6.06. The number of hydrogen-bond donors (Lipinski definition) is 0. The topological polar surface area (TPSA) is 35.5 Å². The van der Waals surface area contributed by atoms with Crippen molar-refractivity contribution in [2.75, 3.05) is 0 Å². The van der Waals surface area contributed by atoms with Crippen LogP contribution in [-0.4, -0.2) is 11.8 Å². The Morgan fingerprint density at radius 3 is 2.10 bits per heavy atom. The average molecular weight is 300 g/mol. The van der Waals surface area contributed by atoms with Crippen LogP contribution >= 0.6 is 0 Å². The number of carbonyl (C=O) groups is 1.